The third kappa shape index (κ3) is 5.32. The Morgan fingerprint density at radius 1 is 1.12 bits per heavy atom. The van der Waals surface area contributed by atoms with E-state index >= 15 is 0 Å². The zero-order chi connectivity index (χ0) is 18.4. The van der Waals surface area contributed by atoms with Crippen LogP contribution in [0, 0.1) is 29.8 Å². The van der Waals surface area contributed by atoms with Gasteiger partial charge in [0.25, 0.3) is 0 Å². The zero-order valence-electron chi connectivity index (χ0n) is 14.2. The fraction of sp³-hybridized carbons (Fsp3) is 0.368. The molecule has 2 aromatic rings. The van der Waals surface area contributed by atoms with Crippen LogP contribution in [0.1, 0.15) is 28.4 Å². The molecule has 2 unspecified atom stereocenters. The highest BCUT2D eigenvalue weighted by molar-refractivity contribution is 5.35. The van der Waals surface area contributed by atoms with Crippen molar-refractivity contribution in [3.05, 3.63) is 80.6 Å². The quantitative estimate of drug-likeness (QED) is 0.526. The Morgan fingerprint density at radius 3 is 2.36 bits per heavy atom. The fourth-order valence-corrected chi connectivity index (χ4v) is 2.88. The largest absolute Gasteiger partial charge is 0.364 e. The molecule has 134 valence electrons. The van der Waals surface area contributed by atoms with Crippen molar-refractivity contribution in [2.45, 2.75) is 32.5 Å². The van der Waals surface area contributed by atoms with E-state index in [-0.39, 0.29) is 18.6 Å². The van der Waals surface area contributed by atoms with E-state index in [4.69, 9.17) is 4.74 Å². The molecule has 0 N–H and O–H groups in total. The van der Waals surface area contributed by atoms with E-state index in [9.17, 15) is 18.9 Å². The van der Waals surface area contributed by atoms with Crippen LogP contribution in [-0.4, -0.2) is 24.2 Å². The lowest BCUT2D eigenvalue weighted by atomic mass is 9.98. The molecule has 0 spiro atoms. The molecule has 0 amide bonds. The minimum Gasteiger partial charge on any atom is -0.364 e. The number of nitrogens with zero attached hydrogens (tertiary/aromatic N) is 1. The second-order valence-electron chi connectivity index (χ2n) is 6.04. The zero-order valence-corrected chi connectivity index (χ0v) is 14.2. The van der Waals surface area contributed by atoms with Gasteiger partial charge < -0.3 is 4.74 Å². The molecule has 0 bridgehead atoms. The van der Waals surface area contributed by atoms with Crippen molar-refractivity contribution in [3.63, 3.8) is 0 Å². The van der Waals surface area contributed by atoms with E-state index in [1.165, 1.54) is 18.2 Å². The van der Waals surface area contributed by atoms with Crippen molar-refractivity contribution < 1.29 is 18.4 Å². The van der Waals surface area contributed by atoms with Crippen LogP contribution in [0.15, 0.2) is 42.5 Å². The van der Waals surface area contributed by atoms with E-state index in [0.29, 0.717) is 5.56 Å². The highest BCUT2D eigenvalue weighted by atomic mass is 19.1. The van der Waals surface area contributed by atoms with Crippen molar-refractivity contribution in [2.75, 3.05) is 13.2 Å². The molecule has 0 aliphatic carbocycles. The smallest absolute Gasteiger partial charge is 0.233 e. The number of halogens is 2. The van der Waals surface area contributed by atoms with Gasteiger partial charge in [-0.3, -0.25) is 10.1 Å². The molecule has 0 aromatic heterocycles. The van der Waals surface area contributed by atoms with Crippen LogP contribution in [0.25, 0.3) is 0 Å². The van der Waals surface area contributed by atoms with Crippen LogP contribution in [0.5, 0.6) is 0 Å². The summed E-state index contributed by atoms with van der Waals surface area (Å²) in [4.78, 5) is 10.5. The van der Waals surface area contributed by atoms with Gasteiger partial charge in [-0.2, -0.15) is 0 Å². The van der Waals surface area contributed by atoms with Crippen LogP contribution in [0.4, 0.5) is 8.78 Å². The molecule has 0 fully saturated rings. The van der Waals surface area contributed by atoms with Gasteiger partial charge >= 0.3 is 0 Å². The average Bonchev–Trinajstić information content (AvgIpc) is 2.54. The maximum absolute atomic E-state index is 14.2. The molecule has 2 rings (SSSR count). The molecule has 25 heavy (non-hydrogen) atoms. The van der Waals surface area contributed by atoms with Crippen LogP contribution < -0.4 is 0 Å². The number of rotatable bonds is 8. The second-order valence-corrected chi connectivity index (χ2v) is 6.04. The summed E-state index contributed by atoms with van der Waals surface area (Å²) < 4.78 is 33.4. The molecule has 0 radical (unpaired) electrons. The second kappa shape index (κ2) is 8.67. The van der Waals surface area contributed by atoms with Gasteiger partial charge in [0.05, 0.1) is 6.61 Å². The summed E-state index contributed by atoms with van der Waals surface area (Å²) >= 11 is 0. The Labute approximate surface area is 145 Å². The lowest BCUT2D eigenvalue weighted by molar-refractivity contribution is -0.493. The summed E-state index contributed by atoms with van der Waals surface area (Å²) in [6.45, 7) is 2.90. The first-order valence-corrected chi connectivity index (χ1v) is 8.05. The number of alkyl halides is 1. The average molecular weight is 349 g/mol. The van der Waals surface area contributed by atoms with Gasteiger partial charge in [-0.15, -0.1) is 0 Å². The van der Waals surface area contributed by atoms with E-state index < -0.39 is 29.6 Å². The maximum Gasteiger partial charge on any atom is 0.233 e. The predicted octanol–water partition coefficient (Wildman–Crippen LogP) is 4.36. The van der Waals surface area contributed by atoms with Crippen molar-refractivity contribution >= 4 is 0 Å². The predicted molar refractivity (Wildman–Crippen MR) is 91.5 cm³/mol. The molecule has 2 atom stereocenters. The summed E-state index contributed by atoms with van der Waals surface area (Å²) in [6.07, 6.45) is -2.42. The van der Waals surface area contributed by atoms with E-state index in [2.05, 4.69) is 0 Å². The molecule has 2 aromatic carbocycles. The molecule has 0 aliphatic rings. The van der Waals surface area contributed by atoms with Gasteiger partial charge in [-0.25, -0.2) is 8.78 Å². The van der Waals surface area contributed by atoms with Gasteiger partial charge in [0.2, 0.25) is 6.54 Å². The lowest BCUT2D eigenvalue weighted by Gasteiger charge is -2.20. The molecule has 4 nitrogen and oxygen atoms in total. The van der Waals surface area contributed by atoms with Gasteiger partial charge in [0, 0.05) is 11.3 Å². The Balaban J connectivity index is 2.07. The first kappa shape index (κ1) is 19.0. The molecule has 0 heterocycles. The van der Waals surface area contributed by atoms with Crippen LogP contribution in [0.3, 0.4) is 0 Å². The van der Waals surface area contributed by atoms with Gasteiger partial charge in [0.1, 0.15) is 18.1 Å². The van der Waals surface area contributed by atoms with Crippen molar-refractivity contribution in [2.24, 2.45) is 0 Å². The first-order valence-electron chi connectivity index (χ1n) is 8.05. The Bertz CT molecular complexity index is 716. The van der Waals surface area contributed by atoms with E-state index in [1.54, 1.807) is 6.07 Å². The summed E-state index contributed by atoms with van der Waals surface area (Å²) in [5.41, 5.74) is 2.68. The Kier molecular flexibility index (Phi) is 6.58. The lowest BCUT2D eigenvalue weighted by Crippen LogP contribution is -2.22. The summed E-state index contributed by atoms with van der Waals surface area (Å²) in [5, 5.41) is 11.0. The maximum atomic E-state index is 14.2. The summed E-state index contributed by atoms with van der Waals surface area (Å²) in [5.74, 6) is -0.471. The number of hydrogen-bond acceptors (Lipinski definition) is 3. The standard InChI is InChI=1S/C19H21F2NO3/c1-13-6-5-7-14(2)19(13)18(11-22(23)24)25-12-16(20)10-15-8-3-4-9-17(15)21/h3-9,16,18H,10-12H2,1-2H3. The van der Waals surface area contributed by atoms with Crippen LogP contribution >= 0.6 is 0 Å². The fourth-order valence-electron chi connectivity index (χ4n) is 2.88. The normalized spacial score (nSPS) is 13.4. The number of benzene rings is 2. The Morgan fingerprint density at radius 2 is 1.76 bits per heavy atom. The SMILES string of the molecule is Cc1cccc(C)c1C(C[N+](=O)[O-])OCC(F)Cc1ccccc1F. The van der Waals surface area contributed by atoms with Crippen LogP contribution in [0.2, 0.25) is 0 Å². The minimum atomic E-state index is -1.45. The topological polar surface area (TPSA) is 52.4 Å². The number of hydrogen-bond donors (Lipinski definition) is 0. The molecule has 6 heteroatoms. The van der Waals surface area contributed by atoms with Gasteiger partial charge in [0.15, 0.2) is 0 Å². The monoisotopic (exact) mass is 349 g/mol. The summed E-state index contributed by atoms with van der Waals surface area (Å²) in [7, 11) is 0. The molecular formula is C19H21F2NO3. The highest BCUT2D eigenvalue weighted by Crippen LogP contribution is 2.26. The molecule has 0 saturated heterocycles. The van der Waals surface area contributed by atoms with E-state index in [1.807, 2.05) is 32.0 Å². The van der Waals surface area contributed by atoms with Gasteiger partial charge in [-0.05, 0) is 42.2 Å². The Hall–Kier alpha value is -2.34. The van der Waals surface area contributed by atoms with E-state index in [0.717, 1.165) is 11.1 Å². The number of ether oxygens (including phenoxy) is 1. The van der Waals surface area contributed by atoms with Crippen molar-refractivity contribution in [1.82, 2.24) is 0 Å². The number of aryl methyl sites for hydroxylation is 2. The number of nitro groups is 1. The molecule has 0 aliphatic heterocycles. The summed E-state index contributed by atoms with van der Waals surface area (Å²) in [6, 6.07) is 11.5. The third-order valence-corrected chi connectivity index (χ3v) is 4.06. The first-order chi connectivity index (χ1) is 11.9. The van der Waals surface area contributed by atoms with Crippen molar-refractivity contribution in [3.8, 4) is 0 Å². The van der Waals surface area contributed by atoms with Gasteiger partial charge in [-0.1, -0.05) is 36.4 Å². The molecule has 0 saturated carbocycles. The molecular weight excluding hydrogens is 328 g/mol. The minimum absolute atomic E-state index is 0.134. The highest BCUT2D eigenvalue weighted by Gasteiger charge is 2.24. The third-order valence-electron chi connectivity index (χ3n) is 4.06. The van der Waals surface area contributed by atoms with Crippen LogP contribution in [-0.2, 0) is 11.2 Å². The van der Waals surface area contributed by atoms with Crippen molar-refractivity contribution in [1.29, 1.82) is 0 Å².